The molecule has 0 aliphatic carbocycles. The largest absolute Gasteiger partial charge is 0.486 e. The van der Waals surface area contributed by atoms with Gasteiger partial charge in [-0.2, -0.15) is 0 Å². The summed E-state index contributed by atoms with van der Waals surface area (Å²) in [6.45, 7) is 0.639. The molecule has 5 rings (SSSR count). The van der Waals surface area contributed by atoms with Crippen molar-refractivity contribution in [2.75, 3.05) is 20.2 Å². The summed E-state index contributed by atoms with van der Waals surface area (Å²) < 4.78 is 13.0. The lowest BCUT2D eigenvalue weighted by molar-refractivity contribution is -0.132. The number of ether oxygens (including phenoxy) is 2. The van der Waals surface area contributed by atoms with Crippen molar-refractivity contribution in [1.29, 1.82) is 0 Å². The van der Waals surface area contributed by atoms with Gasteiger partial charge in [0.2, 0.25) is 5.91 Å². The number of carbonyl (C=O) groups is 1. The Morgan fingerprint density at radius 3 is 2.87 bits per heavy atom. The zero-order valence-corrected chi connectivity index (χ0v) is 18.3. The molecule has 4 heterocycles. The molecule has 1 atom stereocenters. The van der Waals surface area contributed by atoms with Crippen LogP contribution in [0.3, 0.4) is 0 Å². The molecule has 0 bridgehead atoms. The molecule has 9 heteroatoms. The Morgan fingerprint density at radius 2 is 2.06 bits per heavy atom. The second kappa shape index (κ2) is 8.16. The quantitative estimate of drug-likeness (QED) is 0.463. The monoisotopic (exact) mass is 453 g/mol. The van der Waals surface area contributed by atoms with Crippen LogP contribution in [0.5, 0.6) is 11.5 Å². The lowest BCUT2D eigenvalue weighted by Crippen LogP contribution is -2.43. The van der Waals surface area contributed by atoms with Gasteiger partial charge in [0.25, 0.3) is 5.56 Å². The Morgan fingerprint density at radius 1 is 1.23 bits per heavy atom. The van der Waals surface area contributed by atoms with Gasteiger partial charge in [0, 0.05) is 22.9 Å². The third-order valence-corrected chi connectivity index (χ3v) is 6.91. The van der Waals surface area contributed by atoms with Crippen molar-refractivity contribution < 1.29 is 14.3 Å². The molecule has 0 unspecified atom stereocenters. The van der Waals surface area contributed by atoms with E-state index in [-0.39, 0.29) is 24.1 Å². The number of nitrogens with zero attached hydrogens (tertiary/aromatic N) is 3. The summed E-state index contributed by atoms with van der Waals surface area (Å²) in [5.41, 5.74) is 0.664. The second-order valence-corrected chi connectivity index (χ2v) is 9.06. The van der Waals surface area contributed by atoms with Crippen LogP contribution in [-0.4, -0.2) is 46.7 Å². The number of rotatable bonds is 5. The van der Waals surface area contributed by atoms with E-state index in [0.29, 0.717) is 34.9 Å². The molecule has 0 saturated heterocycles. The standard InChI is InChI=1S/C22H19N3O4S2/c1-24(9-14-11-28-16-5-2-3-6-17(16)29-14)19(26)10-25-13-23-21-20(22(25)27)15(12-31-21)18-7-4-8-30-18/h2-8,12-14H,9-11H2,1H3/t14-/m0/s1. The minimum atomic E-state index is -0.275. The fourth-order valence-electron chi connectivity index (χ4n) is 3.52. The molecular weight excluding hydrogens is 434 g/mol. The van der Waals surface area contributed by atoms with Crippen molar-refractivity contribution in [3.05, 3.63) is 63.8 Å². The van der Waals surface area contributed by atoms with Crippen molar-refractivity contribution in [2.24, 2.45) is 0 Å². The van der Waals surface area contributed by atoms with Crippen LogP contribution >= 0.6 is 22.7 Å². The van der Waals surface area contributed by atoms with Gasteiger partial charge in [0.05, 0.1) is 18.3 Å². The number of para-hydroxylation sites is 2. The number of hydrogen-bond acceptors (Lipinski definition) is 7. The first kappa shape index (κ1) is 19.8. The summed E-state index contributed by atoms with van der Waals surface area (Å²) in [6, 6.07) is 11.4. The highest BCUT2D eigenvalue weighted by atomic mass is 32.1. The number of aromatic nitrogens is 2. The highest BCUT2D eigenvalue weighted by molar-refractivity contribution is 7.18. The SMILES string of the molecule is CN(C[C@H]1COc2ccccc2O1)C(=O)Cn1cnc2scc(-c3cccs3)c2c1=O. The average molecular weight is 454 g/mol. The van der Waals surface area contributed by atoms with Crippen LogP contribution < -0.4 is 15.0 Å². The van der Waals surface area contributed by atoms with Crippen LogP contribution in [0.4, 0.5) is 0 Å². The minimum Gasteiger partial charge on any atom is -0.486 e. The van der Waals surface area contributed by atoms with E-state index >= 15 is 0 Å². The molecular formula is C22H19N3O4S2. The molecule has 1 aromatic carbocycles. The number of carbonyl (C=O) groups excluding carboxylic acids is 1. The van der Waals surface area contributed by atoms with Crippen molar-refractivity contribution >= 4 is 38.8 Å². The molecule has 0 saturated carbocycles. The lowest BCUT2D eigenvalue weighted by atomic mass is 10.2. The Labute approximate surface area is 186 Å². The molecule has 3 aromatic heterocycles. The summed E-state index contributed by atoms with van der Waals surface area (Å²) in [7, 11) is 1.70. The zero-order chi connectivity index (χ0) is 21.4. The average Bonchev–Trinajstić information content (AvgIpc) is 3.45. The van der Waals surface area contributed by atoms with Crippen molar-refractivity contribution in [1.82, 2.24) is 14.5 Å². The molecule has 31 heavy (non-hydrogen) atoms. The molecule has 1 aliphatic heterocycles. The molecule has 1 amide bonds. The molecule has 0 radical (unpaired) electrons. The third kappa shape index (κ3) is 3.82. The molecule has 0 fully saturated rings. The molecule has 0 spiro atoms. The zero-order valence-electron chi connectivity index (χ0n) is 16.7. The fourth-order valence-corrected chi connectivity index (χ4v) is 5.24. The summed E-state index contributed by atoms with van der Waals surface area (Å²) >= 11 is 3.01. The highest BCUT2D eigenvalue weighted by Crippen LogP contribution is 2.33. The van der Waals surface area contributed by atoms with Gasteiger partial charge in [-0.3, -0.25) is 14.2 Å². The second-order valence-electron chi connectivity index (χ2n) is 7.26. The Bertz CT molecular complexity index is 1300. The van der Waals surface area contributed by atoms with Gasteiger partial charge in [0.1, 0.15) is 18.0 Å². The van der Waals surface area contributed by atoms with Crippen molar-refractivity contribution in [3.63, 3.8) is 0 Å². The van der Waals surface area contributed by atoms with Gasteiger partial charge >= 0.3 is 0 Å². The van der Waals surface area contributed by atoms with Gasteiger partial charge in [-0.1, -0.05) is 18.2 Å². The topological polar surface area (TPSA) is 73.7 Å². The van der Waals surface area contributed by atoms with E-state index in [1.165, 1.54) is 22.2 Å². The number of benzene rings is 1. The van der Waals surface area contributed by atoms with Gasteiger partial charge in [-0.05, 0) is 23.6 Å². The van der Waals surface area contributed by atoms with Crippen molar-refractivity contribution in [2.45, 2.75) is 12.6 Å². The van der Waals surface area contributed by atoms with E-state index in [9.17, 15) is 9.59 Å². The van der Waals surface area contributed by atoms with Gasteiger partial charge in [-0.15, -0.1) is 22.7 Å². The molecule has 0 N–H and O–H groups in total. The van der Waals surface area contributed by atoms with E-state index in [2.05, 4.69) is 4.98 Å². The summed E-state index contributed by atoms with van der Waals surface area (Å²) in [5.74, 6) is 1.18. The predicted molar refractivity (Wildman–Crippen MR) is 121 cm³/mol. The number of hydrogen-bond donors (Lipinski definition) is 0. The first-order valence-electron chi connectivity index (χ1n) is 9.73. The predicted octanol–water partition coefficient (Wildman–Crippen LogP) is 3.48. The van der Waals surface area contributed by atoms with E-state index < -0.39 is 0 Å². The number of fused-ring (bicyclic) bond motifs is 2. The van der Waals surface area contributed by atoms with Crippen LogP contribution in [-0.2, 0) is 11.3 Å². The van der Waals surface area contributed by atoms with Gasteiger partial charge in [0.15, 0.2) is 17.6 Å². The Hall–Kier alpha value is -3.17. The maximum atomic E-state index is 13.1. The first-order valence-corrected chi connectivity index (χ1v) is 11.5. The van der Waals surface area contributed by atoms with Crippen LogP contribution in [0.15, 0.2) is 58.3 Å². The summed E-state index contributed by atoms with van der Waals surface area (Å²) in [6.07, 6.45) is 1.17. The van der Waals surface area contributed by atoms with E-state index in [0.717, 1.165) is 10.4 Å². The Kier molecular flexibility index (Phi) is 5.21. The maximum Gasteiger partial charge on any atom is 0.263 e. The van der Waals surface area contributed by atoms with Crippen LogP contribution in [0.1, 0.15) is 0 Å². The first-order chi connectivity index (χ1) is 15.1. The van der Waals surface area contributed by atoms with E-state index in [1.54, 1.807) is 23.3 Å². The fraction of sp³-hybridized carbons (Fsp3) is 0.227. The lowest BCUT2D eigenvalue weighted by Gasteiger charge is -2.29. The van der Waals surface area contributed by atoms with Crippen molar-refractivity contribution in [3.8, 4) is 21.9 Å². The molecule has 7 nitrogen and oxygen atoms in total. The van der Waals surface area contributed by atoms with E-state index in [4.69, 9.17) is 9.47 Å². The minimum absolute atomic E-state index is 0.0812. The maximum absolute atomic E-state index is 13.1. The molecule has 4 aromatic rings. The Balaban J connectivity index is 1.32. The highest BCUT2D eigenvalue weighted by Gasteiger charge is 2.24. The van der Waals surface area contributed by atoms with Crippen LogP contribution in [0.25, 0.3) is 20.7 Å². The molecule has 1 aliphatic rings. The van der Waals surface area contributed by atoms with E-state index in [1.807, 2.05) is 47.2 Å². The summed E-state index contributed by atoms with van der Waals surface area (Å²) in [4.78, 5) is 33.6. The number of thiophene rings is 2. The number of likely N-dealkylation sites (N-methyl/N-ethyl adjacent to an activating group) is 1. The summed E-state index contributed by atoms with van der Waals surface area (Å²) in [5, 5.41) is 4.48. The normalized spacial score (nSPS) is 15.2. The molecule has 158 valence electrons. The number of amides is 1. The van der Waals surface area contributed by atoms with Gasteiger partial charge in [-0.25, -0.2) is 4.98 Å². The third-order valence-electron chi connectivity index (χ3n) is 5.12. The van der Waals surface area contributed by atoms with Crippen LogP contribution in [0, 0.1) is 0 Å². The smallest absolute Gasteiger partial charge is 0.263 e. The van der Waals surface area contributed by atoms with Crippen LogP contribution in [0.2, 0.25) is 0 Å². The van der Waals surface area contributed by atoms with Gasteiger partial charge < -0.3 is 14.4 Å².